The molecule has 0 bridgehead atoms. The lowest BCUT2D eigenvalue weighted by Crippen LogP contribution is -2.02. The molecular formula is C50H31N5O3. The Labute approximate surface area is 331 Å². The van der Waals surface area contributed by atoms with Gasteiger partial charge in [-0.2, -0.15) is 0 Å². The van der Waals surface area contributed by atoms with Crippen LogP contribution in [0.5, 0.6) is 0 Å². The molecule has 8 nitrogen and oxygen atoms in total. The van der Waals surface area contributed by atoms with Gasteiger partial charge in [-0.25, -0.2) is 24.9 Å². The quantitative estimate of drug-likeness (QED) is 0.148. The minimum Gasteiger partial charge on any atom is -0.456 e. The number of benzene rings is 6. The molecule has 0 unspecified atom stereocenters. The van der Waals surface area contributed by atoms with E-state index in [-0.39, 0.29) is 0 Å². The van der Waals surface area contributed by atoms with Crippen LogP contribution in [0.3, 0.4) is 0 Å². The van der Waals surface area contributed by atoms with Crippen LogP contribution in [-0.2, 0) is 0 Å². The zero-order valence-electron chi connectivity index (χ0n) is 31.2. The summed E-state index contributed by atoms with van der Waals surface area (Å²) in [4.78, 5) is 25.4. The lowest BCUT2D eigenvalue weighted by Gasteiger charge is -2.09. The molecule has 5 heterocycles. The van der Waals surface area contributed by atoms with E-state index >= 15 is 0 Å². The average molecular weight is 750 g/mol. The summed E-state index contributed by atoms with van der Waals surface area (Å²) >= 11 is 0. The first-order valence-corrected chi connectivity index (χ1v) is 18.9. The molecule has 0 aliphatic carbocycles. The van der Waals surface area contributed by atoms with Crippen LogP contribution >= 0.6 is 0 Å². The fraction of sp³-hybridized carbons (Fsp3) is 0.0200. The SMILES string of the molecule is C=C/C=C\C=C(/C)c1nc(-c2ccccc2)nc(-c2cccc3oc4ccc(-c5nc(-c6cccc7c6oc6ccccc67)nc6c5oc5ccccc56)cc4c23)n1. The van der Waals surface area contributed by atoms with Crippen molar-refractivity contribution < 1.29 is 13.3 Å². The molecule has 274 valence electrons. The van der Waals surface area contributed by atoms with Crippen molar-refractivity contribution in [3.8, 4) is 45.4 Å². The molecule has 5 aromatic heterocycles. The number of para-hydroxylation sites is 3. The largest absolute Gasteiger partial charge is 0.456 e. The highest BCUT2D eigenvalue weighted by Crippen LogP contribution is 2.42. The fourth-order valence-corrected chi connectivity index (χ4v) is 7.73. The normalized spacial score (nSPS) is 12.3. The van der Waals surface area contributed by atoms with Crippen molar-refractivity contribution in [2.24, 2.45) is 0 Å². The lowest BCUT2D eigenvalue weighted by atomic mass is 10.0. The summed E-state index contributed by atoms with van der Waals surface area (Å²) in [6.07, 6.45) is 7.51. The summed E-state index contributed by atoms with van der Waals surface area (Å²) in [5.74, 6) is 2.22. The fourth-order valence-electron chi connectivity index (χ4n) is 7.73. The predicted molar refractivity (Wildman–Crippen MR) is 232 cm³/mol. The van der Waals surface area contributed by atoms with Crippen LogP contribution < -0.4 is 0 Å². The molecule has 8 heteroatoms. The van der Waals surface area contributed by atoms with Crippen LogP contribution in [0.2, 0.25) is 0 Å². The number of aromatic nitrogens is 5. The first kappa shape index (κ1) is 33.4. The van der Waals surface area contributed by atoms with Gasteiger partial charge in [0.25, 0.3) is 0 Å². The molecule has 58 heavy (non-hydrogen) atoms. The van der Waals surface area contributed by atoms with Crippen LogP contribution in [0.1, 0.15) is 12.7 Å². The number of nitrogens with zero attached hydrogens (tertiary/aromatic N) is 5. The van der Waals surface area contributed by atoms with Crippen molar-refractivity contribution in [3.63, 3.8) is 0 Å². The van der Waals surface area contributed by atoms with E-state index < -0.39 is 0 Å². The Morgan fingerprint density at radius 1 is 0.500 bits per heavy atom. The minimum atomic E-state index is 0.533. The van der Waals surface area contributed by atoms with Gasteiger partial charge < -0.3 is 13.3 Å². The smallest absolute Gasteiger partial charge is 0.180 e. The highest BCUT2D eigenvalue weighted by atomic mass is 16.3. The summed E-state index contributed by atoms with van der Waals surface area (Å²) in [5.41, 5.74) is 9.90. The number of hydrogen-bond acceptors (Lipinski definition) is 8. The zero-order valence-corrected chi connectivity index (χ0v) is 31.2. The van der Waals surface area contributed by atoms with Crippen LogP contribution in [0.15, 0.2) is 178 Å². The molecule has 0 aliphatic heterocycles. The molecular weight excluding hydrogens is 719 g/mol. The number of rotatable bonds is 7. The number of hydrogen-bond donors (Lipinski definition) is 0. The molecule has 0 saturated heterocycles. The van der Waals surface area contributed by atoms with Gasteiger partial charge >= 0.3 is 0 Å². The topological polar surface area (TPSA) is 104 Å². The molecule has 0 spiro atoms. The summed E-state index contributed by atoms with van der Waals surface area (Å²) in [6, 6.07) is 44.1. The number of furan rings is 3. The van der Waals surface area contributed by atoms with E-state index in [1.807, 2.05) is 140 Å². The predicted octanol–water partition coefficient (Wildman–Crippen LogP) is 13.2. The number of allylic oxidation sites excluding steroid dienone is 5. The first-order valence-electron chi connectivity index (χ1n) is 18.9. The van der Waals surface area contributed by atoms with Crippen molar-refractivity contribution in [2.45, 2.75) is 6.92 Å². The number of fused-ring (bicyclic) bond motifs is 9. The van der Waals surface area contributed by atoms with E-state index in [4.69, 9.17) is 38.2 Å². The highest BCUT2D eigenvalue weighted by Gasteiger charge is 2.23. The van der Waals surface area contributed by atoms with Crippen molar-refractivity contribution in [3.05, 3.63) is 170 Å². The molecule has 0 aliphatic rings. The first-order chi connectivity index (χ1) is 28.6. The highest BCUT2D eigenvalue weighted by molar-refractivity contribution is 6.14. The second-order valence-corrected chi connectivity index (χ2v) is 14.1. The van der Waals surface area contributed by atoms with Crippen molar-refractivity contribution in [1.29, 1.82) is 0 Å². The molecule has 11 aromatic rings. The molecule has 0 saturated carbocycles. The van der Waals surface area contributed by atoms with Gasteiger partial charge in [0.2, 0.25) is 0 Å². The Bertz CT molecular complexity index is 3500. The molecule has 0 atom stereocenters. The van der Waals surface area contributed by atoms with E-state index in [0.29, 0.717) is 40.2 Å². The molecule has 0 fully saturated rings. The van der Waals surface area contributed by atoms with Crippen LogP contribution in [-0.4, -0.2) is 24.9 Å². The summed E-state index contributed by atoms with van der Waals surface area (Å²) in [6.45, 7) is 5.78. The molecule has 0 amide bonds. The molecule has 6 aromatic carbocycles. The maximum Gasteiger partial charge on any atom is 0.180 e. The van der Waals surface area contributed by atoms with Gasteiger partial charge in [0.1, 0.15) is 39.1 Å². The van der Waals surface area contributed by atoms with Gasteiger partial charge in [0, 0.05) is 43.6 Å². The van der Waals surface area contributed by atoms with Crippen molar-refractivity contribution in [1.82, 2.24) is 24.9 Å². The van der Waals surface area contributed by atoms with Gasteiger partial charge in [-0.3, -0.25) is 0 Å². The second kappa shape index (κ2) is 13.4. The van der Waals surface area contributed by atoms with E-state index in [1.54, 1.807) is 6.08 Å². The molecule has 0 N–H and O–H groups in total. The van der Waals surface area contributed by atoms with E-state index in [1.165, 1.54) is 0 Å². The zero-order chi connectivity index (χ0) is 38.7. The van der Waals surface area contributed by atoms with Crippen molar-refractivity contribution >= 4 is 71.5 Å². The monoisotopic (exact) mass is 749 g/mol. The van der Waals surface area contributed by atoms with Gasteiger partial charge in [-0.1, -0.05) is 116 Å². The Kier molecular flexibility index (Phi) is 7.68. The standard InChI is InChI=1S/C50H31N5O3/c1-3-4-6-15-29(2)47-53-48(30-16-7-5-8-17-30)55-49(54-47)35-21-14-25-41-42(35)37-28-31(26-27-40(37)56-41)43-46-44(34-19-10-12-24-39(34)58-46)52-50(51-43)36-22-13-20-33-32-18-9-11-23-38(32)57-45(33)36/h3-28H,1H2,2H3/b6-4-,29-15+. The van der Waals surface area contributed by atoms with Gasteiger partial charge in [0.15, 0.2) is 28.9 Å². The average Bonchev–Trinajstić information content (AvgIpc) is 3.97. The Morgan fingerprint density at radius 2 is 1.17 bits per heavy atom. The Balaban J connectivity index is 1.14. The van der Waals surface area contributed by atoms with Gasteiger partial charge in [0.05, 0.1) is 5.56 Å². The molecule has 0 radical (unpaired) electrons. The Hall–Kier alpha value is -7.97. The minimum absolute atomic E-state index is 0.533. The maximum absolute atomic E-state index is 6.55. The van der Waals surface area contributed by atoms with Gasteiger partial charge in [-0.05, 0) is 61.0 Å². The van der Waals surface area contributed by atoms with Crippen LogP contribution in [0.25, 0.3) is 117 Å². The summed E-state index contributed by atoms with van der Waals surface area (Å²) in [5, 5.41) is 4.71. The lowest BCUT2D eigenvalue weighted by molar-refractivity contribution is 0.665. The summed E-state index contributed by atoms with van der Waals surface area (Å²) in [7, 11) is 0. The maximum atomic E-state index is 6.55. The van der Waals surface area contributed by atoms with Crippen LogP contribution in [0.4, 0.5) is 0 Å². The second-order valence-electron chi connectivity index (χ2n) is 14.1. The Morgan fingerprint density at radius 3 is 2.03 bits per heavy atom. The van der Waals surface area contributed by atoms with Crippen molar-refractivity contribution in [2.75, 3.05) is 0 Å². The van der Waals surface area contributed by atoms with E-state index in [2.05, 4.69) is 24.8 Å². The summed E-state index contributed by atoms with van der Waals surface area (Å²) < 4.78 is 19.5. The van der Waals surface area contributed by atoms with Gasteiger partial charge in [-0.15, -0.1) is 0 Å². The molecule has 11 rings (SSSR count). The van der Waals surface area contributed by atoms with E-state index in [9.17, 15) is 0 Å². The third-order valence-electron chi connectivity index (χ3n) is 10.5. The van der Waals surface area contributed by atoms with E-state index in [0.717, 1.165) is 82.6 Å². The third kappa shape index (κ3) is 5.42. The van der Waals surface area contributed by atoms with Crippen LogP contribution in [0, 0.1) is 0 Å². The third-order valence-corrected chi connectivity index (χ3v) is 10.5.